The summed E-state index contributed by atoms with van der Waals surface area (Å²) < 4.78 is 11.1. The van der Waals surface area contributed by atoms with Gasteiger partial charge in [0.25, 0.3) is 0 Å². The number of carbonyl (C=O) groups is 2. The standard InChI is InChI=1S/C16H23IN2O4/c1-16(2,3)23-15(21)19-10-12(9-17)13(22-14(18)20)11-7-5-4-6-8-11/h4-8,12-13H,9-10H2,1-3H3,(H2,18,20)(H,19,21)/t12-,13?/m1/s1. The number of hydrogen-bond donors (Lipinski definition) is 2. The van der Waals surface area contributed by atoms with Crippen LogP contribution in [0.2, 0.25) is 0 Å². The fourth-order valence-electron chi connectivity index (χ4n) is 1.98. The monoisotopic (exact) mass is 434 g/mol. The Kier molecular flexibility index (Phi) is 7.60. The molecule has 1 unspecified atom stereocenters. The minimum absolute atomic E-state index is 0.127. The van der Waals surface area contributed by atoms with Crippen LogP contribution in [0.4, 0.5) is 9.59 Å². The number of carbonyl (C=O) groups excluding carboxylic acids is 2. The number of halogens is 1. The molecule has 1 rings (SSSR count). The van der Waals surface area contributed by atoms with Gasteiger partial charge in [-0.25, -0.2) is 9.59 Å². The Hall–Kier alpha value is -1.51. The van der Waals surface area contributed by atoms with E-state index in [0.717, 1.165) is 5.56 Å². The number of nitrogens with two attached hydrogens (primary N) is 1. The molecule has 2 amide bonds. The maximum atomic E-state index is 11.8. The summed E-state index contributed by atoms with van der Waals surface area (Å²) in [4.78, 5) is 23.0. The summed E-state index contributed by atoms with van der Waals surface area (Å²) in [6.45, 7) is 5.70. The highest BCUT2D eigenvalue weighted by molar-refractivity contribution is 14.1. The van der Waals surface area contributed by atoms with E-state index in [1.165, 1.54) is 0 Å². The van der Waals surface area contributed by atoms with Crippen LogP contribution in [0.3, 0.4) is 0 Å². The largest absolute Gasteiger partial charge is 0.444 e. The van der Waals surface area contributed by atoms with Crippen molar-refractivity contribution in [3.8, 4) is 0 Å². The van der Waals surface area contributed by atoms with Crippen LogP contribution in [0.15, 0.2) is 30.3 Å². The van der Waals surface area contributed by atoms with Crippen LogP contribution in [0, 0.1) is 5.92 Å². The van der Waals surface area contributed by atoms with Gasteiger partial charge in [-0.1, -0.05) is 52.9 Å². The van der Waals surface area contributed by atoms with Gasteiger partial charge in [0, 0.05) is 16.9 Å². The van der Waals surface area contributed by atoms with Crippen molar-refractivity contribution in [1.29, 1.82) is 0 Å². The molecule has 0 aliphatic carbocycles. The SMILES string of the molecule is CC(C)(C)OC(=O)NC[C@@H](CI)C(OC(N)=O)c1ccccc1. The third kappa shape index (κ3) is 7.54. The van der Waals surface area contributed by atoms with Crippen LogP contribution in [-0.4, -0.2) is 28.8 Å². The quantitative estimate of drug-likeness (QED) is 0.531. The van der Waals surface area contributed by atoms with Crippen LogP contribution >= 0.6 is 22.6 Å². The first-order valence-corrected chi connectivity index (χ1v) is 8.79. The lowest BCUT2D eigenvalue weighted by Gasteiger charge is -2.26. The number of ether oxygens (including phenoxy) is 2. The molecule has 0 aliphatic heterocycles. The molecule has 1 aromatic carbocycles. The van der Waals surface area contributed by atoms with Crippen LogP contribution in [0.25, 0.3) is 0 Å². The van der Waals surface area contributed by atoms with Crippen LogP contribution < -0.4 is 11.1 Å². The van der Waals surface area contributed by atoms with Gasteiger partial charge in [0.05, 0.1) is 0 Å². The second-order valence-corrected chi connectivity index (χ2v) is 6.95. The molecule has 0 aliphatic rings. The van der Waals surface area contributed by atoms with Crippen molar-refractivity contribution < 1.29 is 19.1 Å². The van der Waals surface area contributed by atoms with Gasteiger partial charge in [-0.3, -0.25) is 0 Å². The Morgan fingerprint density at radius 3 is 2.35 bits per heavy atom. The number of amides is 2. The molecule has 0 radical (unpaired) electrons. The van der Waals surface area contributed by atoms with Crippen molar-refractivity contribution in [2.75, 3.05) is 11.0 Å². The molecule has 23 heavy (non-hydrogen) atoms. The molecular weight excluding hydrogens is 411 g/mol. The minimum Gasteiger partial charge on any atom is -0.444 e. The van der Waals surface area contributed by atoms with E-state index in [1.807, 2.05) is 30.3 Å². The summed E-state index contributed by atoms with van der Waals surface area (Å²) in [6, 6.07) is 9.32. The van der Waals surface area contributed by atoms with Crippen molar-refractivity contribution in [1.82, 2.24) is 5.32 Å². The van der Waals surface area contributed by atoms with Gasteiger partial charge in [0.1, 0.15) is 11.7 Å². The number of primary amides is 1. The molecule has 0 heterocycles. The molecule has 0 spiro atoms. The average molecular weight is 434 g/mol. The number of alkyl halides is 1. The Morgan fingerprint density at radius 1 is 1.26 bits per heavy atom. The van der Waals surface area contributed by atoms with E-state index in [1.54, 1.807) is 20.8 Å². The van der Waals surface area contributed by atoms with E-state index < -0.39 is 23.9 Å². The summed E-state index contributed by atoms with van der Waals surface area (Å²) in [7, 11) is 0. The highest BCUT2D eigenvalue weighted by atomic mass is 127. The van der Waals surface area contributed by atoms with Gasteiger partial charge in [0.2, 0.25) is 0 Å². The van der Waals surface area contributed by atoms with Crippen LogP contribution in [0.1, 0.15) is 32.4 Å². The molecule has 6 nitrogen and oxygen atoms in total. The van der Waals surface area contributed by atoms with Gasteiger partial charge in [0.15, 0.2) is 0 Å². The first-order chi connectivity index (χ1) is 10.7. The maximum Gasteiger partial charge on any atom is 0.407 e. The van der Waals surface area contributed by atoms with E-state index in [2.05, 4.69) is 27.9 Å². The zero-order valence-corrected chi connectivity index (χ0v) is 15.7. The zero-order chi connectivity index (χ0) is 17.5. The molecule has 7 heteroatoms. The third-order valence-corrected chi connectivity index (χ3v) is 4.04. The van der Waals surface area contributed by atoms with E-state index in [-0.39, 0.29) is 5.92 Å². The lowest BCUT2D eigenvalue weighted by atomic mass is 9.97. The number of nitrogens with one attached hydrogen (secondary N) is 1. The lowest BCUT2D eigenvalue weighted by Crippen LogP contribution is -2.38. The Morgan fingerprint density at radius 2 is 1.87 bits per heavy atom. The third-order valence-electron chi connectivity index (χ3n) is 2.91. The van der Waals surface area contributed by atoms with Gasteiger partial charge < -0.3 is 20.5 Å². The lowest BCUT2D eigenvalue weighted by molar-refractivity contribution is 0.0475. The van der Waals surface area contributed by atoms with Gasteiger partial charge in [-0.2, -0.15) is 0 Å². The smallest absolute Gasteiger partial charge is 0.407 e. The summed E-state index contributed by atoms with van der Waals surface area (Å²) in [5.74, 6) is -0.127. The Balaban J connectivity index is 2.77. The Labute approximate surface area is 150 Å². The van der Waals surface area contributed by atoms with Crippen LogP contribution in [0.5, 0.6) is 0 Å². The molecular formula is C16H23IN2O4. The average Bonchev–Trinajstić information content (AvgIpc) is 2.45. The summed E-state index contributed by atoms with van der Waals surface area (Å²) in [6.07, 6.45) is -1.87. The zero-order valence-electron chi connectivity index (χ0n) is 13.5. The first-order valence-electron chi connectivity index (χ1n) is 7.27. The maximum absolute atomic E-state index is 11.8. The highest BCUT2D eigenvalue weighted by Gasteiger charge is 2.27. The van der Waals surface area contributed by atoms with Crippen LogP contribution in [-0.2, 0) is 9.47 Å². The fraction of sp³-hybridized carbons (Fsp3) is 0.500. The molecule has 2 atom stereocenters. The second kappa shape index (κ2) is 8.95. The fourth-order valence-corrected chi connectivity index (χ4v) is 2.75. The number of benzene rings is 1. The molecule has 3 N–H and O–H groups in total. The second-order valence-electron chi connectivity index (χ2n) is 6.07. The summed E-state index contributed by atoms with van der Waals surface area (Å²) in [5, 5.41) is 2.72. The van der Waals surface area contributed by atoms with E-state index in [9.17, 15) is 9.59 Å². The minimum atomic E-state index is -0.842. The van der Waals surface area contributed by atoms with E-state index >= 15 is 0 Å². The Bertz CT molecular complexity index is 517. The number of rotatable bonds is 6. The highest BCUT2D eigenvalue weighted by Crippen LogP contribution is 2.27. The van der Waals surface area contributed by atoms with Crippen molar-refractivity contribution in [2.24, 2.45) is 11.7 Å². The van der Waals surface area contributed by atoms with E-state index in [4.69, 9.17) is 15.2 Å². The molecule has 0 bridgehead atoms. The summed E-state index contributed by atoms with van der Waals surface area (Å²) >= 11 is 2.19. The summed E-state index contributed by atoms with van der Waals surface area (Å²) in [5.41, 5.74) is 5.46. The number of hydrogen-bond acceptors (Lipinski definition) is 4. The first kappa shape index (κ1) is 19.5. The molecule has 128 valence electrons. The normalized spacial score (nSPS) is 13.7. The van der Waals surface area contributed by atoms with Crippen molar-refractivity contribution >= 4 is 34.8 Å². The molecule has 0 saturated carbocycles. The van der Waals surface area contributed by atoms with Crippen molar-refractivity contribution in [3.63, 3.8) is 0 Å². The molecule has 0 aromatic heterocycles. The van der Waals surface area contributed by atoms with Gasteiger partial charge in [-0.15, -0.1) is 0 Å². The topological polar surface area (TPSA) is 90.7 Å². The molecule has 1 aromatic rings. The predicted molar refractivity (Wildman–Crippen MR) is 96.5 cm³/mol. The van der Waals surface area contributed by atoms with E-state index in [0.29, 0.717) is 11.0 Å². The van der Waals surface area contributed by atoms with Crippen molar-refractivity contribution in [2.45, 2.75) is 32.5 Å². The predicted octanol–water partition coefficient (Wildman–Crippen LogP) is 3.40. The van der Waals surface area contributed by atoms with Gasteiger partial charge >= 0.3 is 12.2 Å². The van der Waals surface area contributed by atoms with Gasteiger partial charge in [-0.05, 0) is 26.3 Å². The molecule has 0 saturated heterocycles. The van der Waals surface area contributed by atoms with Crippen molar-refractivity contribution in [3.05, 3.63) is 35.9 Å². The number of alkyl carbamates (subject to hydrolysis) is 1. The molecule has 0 fully saturated rings.